The summed E-state index contributed by atoms with van der Waals surface area (Å²) in [6.07, 6.45) is 3.44. The van der Waals surface area contributed by atoms with Crippen molar-refractivity contribution in [2.24, 2.45) is 0 Å². The smallest absolute Gasteiger partial charge is 0.240 e. The average molecular weight is 276 g/mol. The SMILES string of the molecule is CCNS(=O)(=O)c1ccc(-c2ccncc2)c(C)c1. The maximum atomic E-state index is 11.9. The number of sulfonamides is 1. The van der Waals surface area contributed by atoms with Crippen LogP contribution in [0.25, 0.3) is 11.1 Å². The molecule has 0 fully saturated rings. The van der Waals surface area contributed by atoms with E-state index >= 15 is 0 Å². The molecule has 5 heteroatoms. The van der Waals surface area contributed by atoms with Crippen molar-refractivity contribution in [2.45, 2.75) is 18.7 Å². The van der Waals surface area contributed by atoms with Crippen LogP contribution in [-0.2, 0) is 10.0 Å². The molecule has 0 radical (unpaired) electrons. The molecule has 0 saturated carbocycles. The fraction of sp³-hybridized carbons (Fsp3) is 0.214. The summed E-state index contributed by atoms with van der Waals surface area (Å²) in [7, 11) is -3.39. The molecule has 0 unspecified atom stereocenters. The van der Waals surface area contributed by atoms with Gasteiger partial charge in [-0.05, 0) is 47.9 Å². The van der Waals surface area contributed by atoms with E-state index in [4.69, 9.17) is 0 Å². The monoisotopic (exact) mass is 276 g/mol. The molecule has 1 aromatic heterocycles. The molecule has 19 heavy (non-hydrogen) atoms. The van der Waals surface area contributed by atoms with Gasteiger partial charge in [0.15, 0.2) is 0 Å². The van der Waals surface area contributed by atoms with Crippen LogP contribution in [0.4, 0.5) is 0 Å². The molecule has 0 aliphatic carbocycles. The molecule has 2 rings (SSSR count). The minimum absolute atomic E-state index is 0.296. The highest BCUT2D eigenvalue weighted by atomic mass is 32.2. The Hall–Kier alpha value is -1.72. The van der Waals surface area contributed by atoms with Crippen molar-refractivity contribution in [3.8, 4) is 11.1 Å². The third-order valence-electron chi connectivity index (χ3n) is 2.83. The molecule has 1 N–H and O–H groups in total. The second-order valence-corrected chi connectivity index (χ2v) is 5.98. The van der Waals surface area contributed by atoms with Crippen LogP contribution in [0, 0.1) is 6.92 Å². The molecular formula is C14H16N2O2S. The molecule has 4 nitrogen and oxygen atoms in total. The summed E-state index contributed by atoms with van der Waals surface area (Å²) in [6, 6.07) is 8.95. The lowest BCUT2D eigenvalue weighted by molar-refractivity contribution is 0.584. The van der Waals surface area contributed by atoms with Gasteiger partial charge >= 0.3 is 0 Å². The molecule has 1 heterocycles. The summed E-state index contributed by atoms with van der Waals surface area (Å²) >= 11 is 0. The first-order valence-corrected chi connectivity index (χ1v) is 7.53. The Morgan fingerprint density at radius 1 is 1.16 bits per heavy atom. The number of benzene rings is 1. The van der Waals surface area contributed by atoms with Gasteiger partial charge in [0.25, 0.3) is 0 Å². The topological polar surface area (TPSA) is 59.1 Å². The number of hydrogen-bond acceptors (Lipinski definition) is 3. The number of rotatable bonds is 4. The van der Waals surface area contributed by atoms with Crippen LogP contribution in [0.1, 0.15) is 12.5 Å². The highest BCUT2D eigenvalue weighted by Crippen LogP contribution is 2.25. The maximum Gasteiger partial charge on any atom is 0.240 e. The van der Waals surface area contributed by atoms with Gasteiger partial charge in [-0.25, -0.2) is 13.1 Å². The van der Waals surface area contributed by atoms with E-state index in [9.17, 15) is 8.42 Å². The fourth-order valence-electron chi connectivity index (χ4n) is 1.93. The molecule has 2 aromatic rings. The first-order valence-electron chi connectivity index (χ1n) is 6.05. The Kier molecular flexibility index (Phi) is 3.97. The van der Waals surface area contributed by atoms with Crippen LogP contribution in [0.15, 0.2) is 47.6 Å². The number of nitrogens with one attached hydrogen (secondary N) is 1. The Morgan fingerprint density at radius 2 is 1.84 bits per heavy atom. The summed E-state index contributed by atoms with van der Waals surface area (Å²) in [6.45, 7) is 4.05. The van der Waals surface area contributed by atoms with E-state index in [2.05, 4.69) is 9.71 Å². The van der Waals surface area contributed by atoms with Gasteiger partial charge in [-0.1, -0.05) is 13.0 Å². The minimum atomic E-state index is -3.39. The van der Waals surface area contributed by atoms with E-state index in [0.717, 1.165) is 16.7 Å². The Labute approximate surface area is 113 Å². The standard InChI is InChI=1S/C14H16N2O2S/c1-3-16-19(17,18)13-4-5-14(11(2)10-13)12-6-8-15-9-7-12/h4-10,16H,3H2,1-2H3. The van der Waals surface area contributed by atoms with Crippen molar-refractivity contribution in [3.63, 3.8) is 0 Å². The summed E-state index contributed by atoms with van der Waals surface area (Å²) in [5.41, 5.74) is 2.96. The molecule has 0 bridgehead atoms. The summed E-state index contributed by atoms with van der Waals surface area (Å²) < 4.78 is 26.3. The lowest BCUT2D eigenvalue weighted by Crippen LogP contribution is -2.23. The number of pyridine rings is 1. The van der Waals surface area contributed by atoms with Gasteiger partial charge < -0.3 is 0 Å². The van der Waals surface area contributed by atoms with Gasteiger partial charge in [-0.15, -0.1) is 0 Å². The van der Waals surface area contributed by atoms with Crippen LogP contribution in [-0.4, -0.2) is 19.9 Å². The van der Waals surface area contributed by atoms with Crippen LogP contribution in [0.2, 0.25) is 0 Å². The van der Waals surface area contributed by atoms with Crippen molar-refractivity contribution in [1.82, 2.24) is 9.71 Å². The summed E-state index contributed by atoms with van der Waals surface area (Å²) in [5.74, 6) is 0. The predicted octanol–water partition coefficient (Wildman–Crippen LogP) is 2.36. The number of hydrogen-bond donors (Lipinski definition) is 1. The largest absolute Gasteiger partial charge is 0.265 e. The van der Waals surface area contributed by atoms with Gasteiger partial charge in [0.1, 0.15) is 0 Å². The lowest BCUT2D eigenvalue weighted by atomic mass is 10.0. The van der Waals surface area contributed by atoms with Gasteiger partial charge in [0.05, 0.1) is 4.90 Å². The minimum Gasteiger partial charge on any atom is -0.265 e. The van der Waals surface area contributed by atoms with Crippen molar-refractivity contribution in [1.29, 1.82) is 0 Å². The van der Waals surface area contributed by atoms with Gasteiger partial charge in [-0.3, -0.25) is 4.98 Å². The lowest BCUT2D eigenvalue weighted by Gasteiger charge is -2.09. The molecular weight excluding hydrogens is 260 g/mol. The second kappa shape index (κ2) is 5.50. The Bertz CT molecular complexity index is 667. The molecule has 0 saturated heterocycles. The van der Waals surface area contributed by atoms with E-state index in [1.165, 1.54) is 0 Å². The zero-order chi connectivity index (χ0) is 13.9. The van der Waals surface area contributed by atoms with Gasteiger partial charge in [0, 0.05) is 18.9 Å². The van der Waals surface area contributed by atoms with Crippen LogP contribution in [0.5, 0.6) is 0 Å². The van der Waals surface area contributed by atoms with E-state index in [1.807, 2.05) is 25.1 Å². The summed E-state index contributed by atoms with van der Waals surface area (Å²) in [4.78, 5) is 4.27. The predicted molar refractivity (Wildman–Crippen MR) is 75.3 cm³/mol. The fourth-order valence-corrected chi connectivity index (χ4v) is 3.06. The van der Waals surface area contributed by atoms with Gasteiger partial charge in [-0.2, -0.15) is 0 Å². The molecule has 0 spiro atoms. The maximum absolute atomic E-state index is 11.9. The van der Waals surface area contributed by atoms with E-state index in [1.54, 1.807) is 31.5 Å². The number of nitrogens with zero attached hydrogens (tertiary/aromatic N) is 1. The molecule has 1 aromatic carbocycles. The van der Waals surface area contributed by atoms with Crippen molar-refractivity contribution in [2.75, 3.05) is 6.54 Å². The first-order chi connectivity index (χ1) is 9.04. The molecule has 0 amide bonds. The third-order valence-corrected chi connectivity index (χ3v) is 4.38. The Morgan fingerprint density at radius 3 is 2.42 bits per heavy atom. The van der Waals surface area contributed by atoms with Crippen LogP contribution in [0.3, 0.4) is 0 Å². The highest BCUT2D eigenvalue weighted by Gasteiger charge is 2.14. The van der Waals surface area contributed by atoms with Crippen molar-refractivity contribution < 1.29 is 8.42 Å². The normalized spacial score (nSPS) is 11.5. The molecule has 0 atom stereocenters. The molecule has 100 valence electrons. The zero-order valence-corrected chi connectivity index (χ0v) is 11.7. The molecule has 0 aliphatic rings. The third kappa shape index (κ3) is 3.00. The van der Waals surface area contributed by atoms with Crippen molar-refractivity contribution >= 4 is 10.0 Å². The number of aryl methyl sites for hydroxylation is 1. The quantitative estimate of drug-likeness (QED) is 0.932. The van der Waals surface area contributed by atoms with Crippen LogP contribution < -0.4 is 4.72 Å². The summed E-state index contributed by atoms with van der Waals surface area (Å²) in [5, 5.41) is 0. The average Bonchev–Trinajstić information content (AvgIpc) is 2.39. The second-order valence-electron chi connectivity index (χ2n) is 4.21. The van der Waals surface area contributed by atoms with Gasteiger partial charge in [0.2, 0.25) is 10.0 Å². The van der Waals surface area contributed by atoms with E-state index < -0.39 is 10.0 Å². The van der Waals surface area contributed by atoms with Crippen molar-refractivity contribution in [3.05, 3.63) is 48.3 Å². The van der Waals surface area contributed by atoms with Crippen LogP contribution >= 0.6 is 0 Å². The Balaban J connectivity index is 2.44. The number of aromatic nitrogens is 1. The van der Waals surface area contributed by atoms with E-state index in [-0.39, 0.29) is 0 Å². The first kappa shape index (κ1) is 13.7. The zero-order valence-electron chi connectivity index (χ0n) is 10.9. The molecule has 0 aliphatic heterocycles. The van der Waals surface area contributed by atoms with E-state index in [0.29, 0.717) is 11.4 Å². The highest BCUT2D eigenvalue weighted by molar-refractivity contribution is 7.89.